The Morgan fingerprint density at radius 1 is 1.45 bits per heavy atom. The third-order valence-corrected chi connectivity index (χ3v) is 6.24. The first-order valence-electron chi connectivity index (χ1n) is 8.53. The number of nitrogens with two attached hydrogens (primary N) is 1. The van der Waals surface area contributed by atoms with Crippen LogP contribution in [0.15, 0.2) is 5.38 Å². The van der Waals surface area contributed by atoms with Crippen LogP contribution in [0.1, 0.15) is 63.1 Å². The van der Waals surface area contributed by atoms with Gasteiger partial charge >= 0.3 is 0 Å². The van der Waals surface area contributed by atoms with Gasteiger partial charge in [0.1, 0.15) is 0 Å². The van der Waals surface area contributed by atoms with Gasteiger partial charge in [-0.15, -0.1) is 11.3 Å². The minimum absolute atomic E-state index is 0.247. The fraction of sp³-hybridized carbons (Fsp3) is 0.765. The van der Waals surface area contributed by atoms with Crippen LogP contribution in [0, 0.1) is 5.41 Å². The van der Waals surface area contributed by atoms with Crippen LogP contribution in [-0.4, -0.2) is 35.4 Å². The molecule has 1 unspecified atom stereocenters. The van der Waals surface area contributed by atoms with Crippen LogP contribution in [-0.2, 0) is 11.2 Å². The van der Waals surface area contributed by atoms with Gasteiger partial charge < -0.3 is 10.6 Å². The number of aromatic nitrogens is 1. The average Bonchev–Trinajstić information content (AvgIpc) is 3.06. The number of nitrogens with zero attached hydrogens (tertiary/aromatic N) is 2. The van der Waals surface area contributed by atoms with E-state index in [9.17, 15) is 4.79 Å². The lowest BCUT2D eigenvalue weighted by atomic mass is 9.80. The molecule has 1 aliphatic rings. The van der Waals surface area contributed by atoms with E-state index in [1.54, 1.807) is 11.3 Å². The topological polar surface area (TPSA) is 59.2 Å². The maximum absolute atomic E-state index is 13.0. The van der Waals surface area contributed by atoms with Crippen LogP contribution in [0.4, 0.5) is 0 Å². The highest BCUT2D eigenvalue weighted by Gasteiger charge is 2.38. The molecule has 2 N–H and O–H groups in total. The van der Waals surface area contributed by atoms with Gasteiger partial charge in [-0.1, -0.05) is 20.8 Å². The Hall–Kier alpha value is -0.940. The summed E-state index contributed by atoms with van der Waals surface area (Å²) in [4.78, 5) is 19.7. The highest BCUT2D eigenvalue weighted by molar-refractivity contribution is 7.09. The van der Waals surface area contributed by atoms with Crippen LogP contribution >= 0.6 is 11.3 Å². The zero-order valence-corrected chi connectivity index (χ0v) is 14.9. The first kappa shape index (κ1) is 17.4. The molecule has 1 saturated heterocycles. The number of hydrogen-bond donors (Lipinski definition) is 1. The molecule has 5 heteroatoms. The van der Waals surface area contributed by atoms with Crippen molar-refractivity contribution in [3.63, 3.8) is 0 Å². The molecule has 2 rings (SSSR count). The van der Waals surface area contributed by atoms with Gasteiger partial charge in [-0.3, -0.25) is 4.79 Å². The smallest absolute Gasteiger partial charge is 0.230 e. The molecule has 2 heterocycles. The van der Waals surface area contributed by atoms with Gasteiger partial charge in [0, 0.05) is 30.9 Å². The SMILES string of the molecule is CCc1csc(C2CCCN(C(=O)C(CC)(CC)CN)C2)n1. The standard InChI is InChI=1S/C17H29N3OS/c1-4-14-11-22-15(19-14)13-8-7-9-20(10-13)16(21)17(5-2,6-3)12-18/h11,13H,4-10,12,18H2,1-3H3. The molecule has 0 aromatic carbocycles. The van der Waals surface area contributed by atoms with Crippen molar-refractivity contribution in [1.29, 1.82) is 0 Å². The predicted octanol–water partition coefficient (Wildman–Crippen LogP) is 3.18. The van der Waals surface area contributed by atoms with Crippen molar-refractivity contribution in [3.05, 3.63) is 16.1 Å². The van der Waals surface area contributed by atoms with Gasteiger partial charge in [-0.25, -0.2) is 4.98 Å². The van der Waals surface area contributed by atoms with Gasteiger partial charge in [-0.2, -0.15) is 0 Å². The lowest BCUT2D eigenvalue weighted by molar-refractivity contribution is -0.143. The lowest BCUT2D eigenvalue weighted by Crippen LogP contribution is -2.50. The van der Waals surface area contributed by atoms with Gasteiger partial charge in [0.2, 0.25) is 5.91 Å². The number of hydrogen-bond acceptors (Lipinski definition) is 4. The molecule has 4 nitrogen and oxygen atoms in total. The van der Waals surface area contributed by atoms with Gasteiger partial charge in [0.05, 0.1) is 16.1 Å². The number of carbonyl (C=O) groups is 1. The molecule has 0 spiro atoms. The molecule has 124 valence electrons. The van der Waals surface area contributed by atoms with Gasteiger partial charge in [-0.05, 0) is 32.1 Å². The van der Waals surface area contributed by atoms with E-state index in [1.165, 1.54) is 10.7 Å². The molecule has 1 atom stereocenters. The quantitative estimate of drug-likeness (QED) is 0.874. The van der Waals surface area contributed by atoms with Gasteiger partial charge in [0.25, 0.3) is 0 Å². The first-order valence-corrected chi connectivity index (χ1v) is 9.41. The third-order valence-electron chi connectivity index (χ3n) is 5.19. The van der Waals surface area contributed by atoms with E-state index >= 15 is 0 Å². The van der Waals surface area contributed by atoms with E-state index in [-0.39, 0.29) is 11.3 Å². The van der Waals surface area contributed by atoms with E-state index < -0.39 is 0 Å². The molecule has 1 aliphatic heterocycles. The van der Waals surface area contributed by atoms with E-state index in [4.69, 9.17) is 10.7 Å². The maximum atomic E-state index is 13.0. The molecular formula is C17H29N3OS. The summed E-state index contributed by atoms with van der Waals surface area (Å²) in [6.07, 6.45) is 4.81. The average molecular weight is 324 g/mol. The summed E-state index contributed by atoms with van der Waals surface area (Å²) in [5.74, 6) is 0.643. The van der Waals surface area contributed by atoms with Crippen molar-refractivity contribution in [1.82, 2.24) is 9.88 Å². The Bertz CT molecular complexity index is 488. The monoisotopic (exact) mass is 323 g/mol. The minimum atomic E-state index is -0.376. The van der Waals surface area contributed by atoms with Gasteiger partial charge in [0.15, 0.2) is 0 Å². The molecule has 1 aromatic heterocycles. The summed E-state index contributed by atoms with van der Waals surface area (Å²) in [6, 6.07) is 0. The Kier molecular flexibility index (Phi) is 5.98. The second kappa shape index (κ2) is 7.55. The van der Waals surface area contributed by atoms with Crippen LogP contribution in [0.2, 0.25) is 0 Å². The summed E-state index contributed by atoms with van der Waals surface area (Å²) in [7, 11) is 0. The van der Waals surface area contributed by atoms with Crippen molar-refractivity contribution < 1.29 is 4.79 Å². The number of likely N-dealkylation sites (tertiary alicyclic amines) is 1. The highest BCUT2D eigenvalue weighted by atomic mass is 32.1. The Morgan fingerprint density at radius 3 is 2.73 bits per heavy atom. The Morgan fingerprint density at radius 2 is 2.18 bits per heavy atom. The molecule has 1 fully saturated rings. The number of piperidine rings is 1. The number of carbonyl (C=O) groups excluding carboxylic acids is 1. The summed E-state index contributed by atoms with van der Waals surface area (Å²) >= 11 is 1.75. The van der Waals surface area contributed by atoms with E-state index in [1.807, 2.05) is 4.90 Å². The lowest BCUT2D eigenvalue weighted by Gasteiger charge is -2.39. The van der Waals surface area contributed by atoms with Crippen LogP contribution < -0.4 is 5.73 Å². The summed E-state index contributed by atoms with van der Waals surface area (Å²) in [5.41, 5.74) is 6.74. The highest BCUT2D eigenvalue weighted by Crippen LogP contribution is 2.34. The van der Waals surface area contributed by atoms with Crippen molar-refractivity contribution in [3.8, 4) is 0 Å². The van der Waals surface area contributed by atoms with Crippen molar-refractivity contribution in [2.75, 3.05) is 19.6 Å². The molecule has 0 radical (unpaired) electrons. The van der Waals surface area contributed by atoms with E-state index in [2.05, 4.69) is 26.2 Å². The van der Waals surface area contributed by atoms with Crippen LogP contribution in [0.5, 0.6) is 0 Å². The van der Waals surface area contributed by atoms with E-state index in [0.717, 1.165) is 45.2 Å². The zero-order valence-electron chi connectivity index (χ0n) is 14.1. The van der Waals surface area contributed by atoms with Crippen molar-refractivity contribution in [2.24, 2.45) is 11.1 Å². The Balaban J connectivity index is 2.11. The summed E-state index contributed by atoms with van der Waals surface area (Å²) in [5, 5.41) is 3.35. The predicted molar refractivity (Wildman–Crippen MR) is 92.1 cm³/mol. The normalized spacial score (nSPS) is 19.5. The summed E-state index contributed by atoms with van der Waals surface area (Å²) in [6.45, 7) is 8.39. The molecule has 1 amide bonds. The second-order valence-corrected chi connectivity index (χ2v) is 7.20. The minimum Gasteiger partial charge on any atom is -0.341 e. The molecule has 1 aromatic rings. The molecule has 0 aliphatic carbocycles. The fourth-order valence-corrected chi connectivity index (χ4v) is 4.33. The Labute approximate surface area is 138 Å². The largest absolute Gasteiger partial charge is 0.341 e. The number of rotatable bonds is 6. The van der Waals surface area contributed by atoms with Crippen LogP contribution in [0.25, 0.3) is 0 Å². The molecule has 0 saturated carbocycles. The third kappa shape index (κ3) is 3.35. The number of amides is 1. The maximum Gasteiger partial charge on any atom is 0.230 e. The summed E-state index contributed by atoms with van der Waals surface area (Å²) < 4.78 is 0. The number of aryl methyl sites for hydroxylation is 1. The fourth-order valence-electron chi connectivity index (χ4n) is 3.30. The first-order chi connectivity index (χ1) is 10.6. The zero-order chi connectivity index (χ0) is 16.2. The molecular weight excluding hydrogens is 294 g/mol. The molecule has 0 bridgehead atoms. The van der Waals surface area contributed by atoms with Crippen molar-refractivity contribution in [2.45, 2.75) is 58.8 Å². The second-order valence-electron chi connectivity index (χ2n) is 6.31. The van der Waals surface area contributed by atoms with Crippen LogP contribution in [0.3, 0.4) is 0 Å². The van der Waals surface area contributed by atoms with Crippen molar-refractivity contribution >= 4 is 17.2 Å². The molecule has 22 heavy (non-hydrogen) atoms. The number of thiazole rings is 1. The van der Waals surface area contributed by atoms with E-state index in [0.29, 0.717) is 12.5 Å².